The van der Waals surface area contributed by atoms with Gasteiger partial charge in [-0.25, -0.2) is 12.8 Å². The Morgan fingerprint density at radius 3 is 2.14 bits per heavy atom. The molecule has 0 unspecified atom stereocenters. The summed E-state index contributed by atoms with van der Waals surface area (Å²) in [5.74, 6) is -1.37. The summed E-state index contributed by atoms with van der Waals surface area (Å²) in [5.41, 5.74) is 1.82. The van der Waals surface area contributed by atoms with Crippen LogP contribution in [0.3, 0.4) is 0 Å². The number of sulfonamides is 1. The second-order valence-corrected chi connectivity index (χ2v) is 10.2. The average molecular weight is 512 g/mol. The van der Waals surface area contributed by atoms with Crippen molar-refractivity contribution in [1.82, 2.24) is 10.2 Å². The number of aryl methyl sites for hydroxylation is 1. The molecule has 0 bridgehead atoms. The van der Waals surface area contributed by atoms with Crippen LogP contribution in [0.4, 0.5) is 10.1 Å². The lowest BCUT2D eigenvalue weighted by Crippen LogP contribution is -2.51. The number of carbonyl (C=O) groups is 2. The third-order valence-corrected chi connectivity index (χ3v) is 7.50. The van der Waals surface area contributed by atoms with Gasteiger partial charge in [-0.1, -0.05) is 48.0 Å². The third-order valence-electron chi connectivity index (χ3n) is 5.72. The van der Waals surface area contributed by atoms with Crippen molar-refractivity contribution in [2.45, 2.75) is 38.3 Å². The molecule has 0 radical (unpaired) electrons. The van der Waals surface area contributed by atoms with Gasteiger partial charge >= 0.3 is 0 Å². The molecule has 3 aromatic carbocycles. The lowest BCUT2D eigenvalue weighted by molar-refractivity contribution is -0.139. The molecule has 0 aliphatic rings. The van der Waals surface area contributed by atoms with Gasteiger partial charge in [0.1, 0.15) is 18.4 Å². The van der Waals surface area contributed by atoms with Crippen molar-refractivity contribution in [3.8, 4) is 0 Å². The van der Waals surface area contributed by atoms with Crippen LogP contribution >= 0.6 is 0 Å². The standard InChI is InChI=1S/C27H30FN3O4S/c1-4-29-27(33)21(3)30(18-22-12-14-23(28)15-13-22)26(32)19-31(24-8-6-5-7-9-24)36(34,35)25-16-10-20(2)11-17-25/h5-17,21H,4,18-19H2,1-3H3,(H,29,33)/t21-/m1/s1. The molecule has 1 atom stereocenters. The molecule has 0 saturated heterocycles. The molecule has 0 heterocycles. The van der Waals surface area contributed by atoms with E-state index in [1.54, 1.807) is 56.3 Å². The van der Waals surface area contributed by atoms with Crippen LogP contribution in [0.1, 0.15) is 25.0 Å². The molecule has 1 N–H and O–H groups in total. The molecule has 9 heteroatoms. The van der Waals surface area contributed by atoms with Gasteiger partial charge in [0, 0.05) is 13.1 Å². The van der Waals surface area contributed by atoms with E-state index in [0.29, 0.717) is 17.8 Å². The van der Waals surface area contributed by atoms with E-state index in [1.165, 1.54) is 41.3 Å². The van der Waals surface area contributed by atoms with Crippen LogP contribution in [0.5, 0.6) is 0 Å². The molecule has 0 saturated carbocycles. The van der Waals surface area contributed by atoms with E-state index >= 15 is 0 Å². The first-order chi connectivity index (χ1) is 17.1. The van der Waals surface area contributed by atoms with Crippen molar-refractivity contribution in [3.05, 3.63) is 95.8 Å². The number of para-hydroxylation sites is 1. The lowest BCUT2D eigenvalue weighted by atomic mass is 10.1. The predicted octanol–water partition coefficient (Wildman–Crippen LogP) is 3.88. The van der Waals surface area contributed by atoms with Gasteiger partial charge in [0.15, 0.2) is 0 Å². The lowest BCUT2D eigenvalue weighted by Gasteiger charge is -2.32. The normalized spacial score (nSPS) is 12.0. The number of likely N-dealkylation sites (N-methyl/N-ethyl adjacent to an activating group) is 1. The molecule has 3 aromatic rings. The van der Waals surface area contributed by atoms with Crippen LogP contribution in [0, 0.1) is 12.7 Å². The fourth-order valence-corrected chi connectivity index (χ4v) is 5.07. The van der Waals surface area contributed by atoms with Crippen molar-refractivity contribution in [1.29, 1.82) is 0 Å². The van der Waals surface area contributed by atoms with Gasteiger partial charge in [0.05, 0.1) is 10.6 Å². The molecule has 190 valence electrons. The Morgan fingerprint density at radius 1 is 0.944 bits per heavy atom. The first-order valence-corrected chi connectivity index (χ1v) is 13.0. The van der Waals surface area contributed by atoms with E-state index in [9.17, 15) is 22.4 Å². The minimum atomic E-state index is -4.10. The quantitative estimate of drug-likeness (QED) is 0.448. The Balaban J connectivity index is 1.99. The van der Waals surface area contributed by atoms with Crippen molar-refractivity contribution in [2.75, 3.05) is 17.4 Å². The Labute approximate surface area is 211 Å². The van der Waals surface area contributed by atoms with Crippen molar-refractivity contribution in [3.63, 3.8) is 0 Å². The summed E-state index contributed by atoms with van der Waals surface area (Å²) in [7, 11) is -4.10. The van der Waals surface area contributed by atoms with Crippen LogP contribution in [0.25, 0.3) is 0 Å². The molecule has 0 aliphatic carbocycles. The highest BCUT2D eigenvalue weighted by molar-refractivity contribution is 7.92. The molecule has 36 heavy (non-hydrogen) atoms. The largest absolute Gasteiger partial charge is 0.355 e. The van der Waals surface area contributed by atoms with Crippen molar-refractivity contribution in [2.24, 2.45) is 0 Å². The smallest absolute Gasteiger partial charge is 0.264 e. The zero-order valence-electron chi connectivity index (χ0n) is 20.5. The molecule has 0 aliphatic heterocycles. The first kappa shape index (κ1) is 26.9. The summed E-state index contributed by atoms with van der Waals surface area (Å²) in [6, 6.07) is 19.4. The number of nitrogens with one attached hydrogen (secondary N) is 1. The molecule has 0 spiro atoms. The Hall–Kier alpha value is -3.72. The average Bonchev–Trinajstić information content (AvgIpc) is 2.87. The van der Waals surface area contributed by atoms with E-state index < -0.39 is 34.3 Å². The number of benzene rings is 3. The number of amides is 2. The number of carbonyl (C=O) groups excluding carboxylic acids is 2. The number of hydrogen-bond acceptors (Lipinski definition) is 4. The van der Waals surface area contributed by atoms with E-state index in [4.69, 9.17) is 0 Å². The van der Waals surface area contributed by atoms with E-state index in [-0.39, 0.29) is 17.3 Å². The highest BCUT2D eigenvalue weighted by Crippen LogP contribution is 2.24. The number of hydrogen-bond donors (Lipinski definition) is 1. The SMILES string of the molecule is CCNC(=O)[C@@H](C)N(Cc1ccc(F)cc1)C(=O)CN(c1ccccc1)S(=O)(=O)c1ccc(C)cc1. The van der Waals surface area contributed by atoms with Gasteiger partial charge in [-0.2, -0.15) is 0 Å². The number of nitrogens with zero attached hydrogens (tertiary/aromatic N) is 2. The maximum atomic E-state index is 13.6. The highest BCUT2D eigenvalue weighted by Gasteiger charge is 2.32. The van der Waals surface area contributed by atoms with Gasteiger partial charge in [-0.3, -0.25) is 13.9 Å². The molecular formula is C27H30FN3O4S. The number of halogens is 1. The number of rotatable bonds is 10. The summed E-state index contributed by atoms with van der Waals surface area (Å²) >= 11 is 0. The van der Waals surface area contributed by atoms with Crippen LogP contribution in [0.15, 0.2) is 83.8 Å². The molecule has 0 aromatic heterocycles. The summed E-state index contributed by atoms with van der Waals surface area (Å²) in [5, 5.41) is 2.70. The van der Waals surface area contributed by atoms with E-state index in [0.717, 1.165) is 9.87 Å². The predicted molar refractivity (Wildman–Crippen MR) is 137 cm³/mol. The van der Waals surface area contributed by atoms with Gasteiger partial charge < -0.3 is 10.2 Å². The highest BCUT2D eigenvalue weighted by atomic mass is 32.2. The van der Waals surface area contributed by atoms with Crippen LogP contribution in [-0.4, -0.2) is 44.3 Å². The topological polar surface area (TPSA) is 86.8 Å². The maximum absolute atomic E-state index is 13.6. The Bertz CT molecular complexity index is 1280. The van der Waals surface area contributed by atoms with Crippen LogP contribution in [-0.2, 0) is 26.2 Å². The fourth-order valence-electron chi connectivity index (χ4n) is 3.65. The zero-order chi connectivity index (χ0) is 26.3. The minimum absolute atomic E-state index is 0.00459. The molecule has 2 amide bonds. The second kappa shape index (κ2) is 11.8. The van der Waals surface area contributed by atoms with Crippen LogP contribution < -0.4 is 9.62 Å². The third kappa shape index (κ3) is 6.48. The van der Waals surface area contributed by atoms with Gasteiger partial charge in [0.25, 0.3) is 10.0 Å². The van der Waals surface area contributed by atoms with Gasteiger partial charge in [-0.05, 0) is 62.7 Å². The summed E-state index contributed by atoms with van der Waals surface area (Å²) < 4.78 is 41.7. The monoisotopic (exact) mass is 511 g/mol. The summed E-state index contributed by atoms with van der Waals surface area (Å²) in [6.45, 7) is 5.05. The maximum Gasteiger partial charge on any atom is 0.264 e. The Kier molecular flexibility index (Phi) is 8.82. The van der Waals surface area contributed by atoms with Gasteiger partial charge in [0.2, 0.25) is 11.8 Å². The van der Waals surface area contributed by atoms with E-state index in [1.807, 2.05) is 6.92 Å². The molecule has 3 rings (SSSR count). The summed E-state index contributed by atoms with van der Waals surface area (Å²) in [6.07, 6.45) is 0. The molecule has 7 nitrogen and oxygen atoms in total. The van der Waals surface area contributed by atoms with Crippen molar-refractivity contribution >= 4 is 27.5 Å². The zero-order valence-corrected chi connectivity index (χ0v) is 21.3. The minimum Gasteiger partial charge on any atom is -0.355 e. The second-order valence-electron chi connectivity index (χ2n) is 8.38. The molecular weight excluding hydrogens is 481 g/mol. The first-order valence-electron chi connectivity index (χ1n) is 11.6. The van der Waals surface area contributed by atoms with Gasteiger partial charge in [-0.15, -0.1) is 0 Å². The number of anilines is 1. The summed E-state index contributed by atoms with van der Waals surface area (Å²) in [4.78, 5) is 27.6. The van der Waals surface area contributed by atoms with Crippen molar-refractivity contribution < 1.29 is 22.4 Å². The van der Waals surface area contributed by atoms with E-state index in [2.05, 4.69) is 5.32 Å². The fraction of sp³-hybridized carbons (Fsp3) is 0.259. The van der Waals surface area contributed by atoms with Crippen LogP contribution in [0.2, 0.25) is 0 Å². The molecule has 0 fully saturated rings. The Morgan fingerprint density at radius 2 is 1.56 bits per heavy atom.